The maximum atomic E-state index is 12.5. The van der Waals surface area contributed by atoms with Crippen molar-refractivity contribution in [1.29, 1.82) is 0 Å². The molecule has 0 fully saturated rings. The van der Waals surface area contributed by atoms with E-state index in [2.05, 4.69) is 10.1 Å². The zero-order chi connectivity index (χ0) is 21.4. The summed E-state index contributed by atoms with van der Waals surface area (Å²) in [4.78, 5) is 12.5. The van der Waals surface area contributed by atoms with Gasteiger partial charge in [-0.25, -0.2) is 13.1 Å². The molecule has 8 heteroatoms. The lowest BCUT2D eigenvalue weighted by molar-refractivity contribution is -0.121. The van der Waals surface area contributed by atoms with E-state index in [1.165, 1.54) is 12.1 Å². The Morgan fingerprint density at radius 3 is 2.13 bits per heavy atom. The summed E-state index contributed by atoms with van der Waals surface area (Å²) in [6.45, 7) is 0.426. The lowest BCUT2D eigenvalue weighted by Gasteiger charge is -2.25. The Kier molecular flexibility index (Phi) is 7.46. The van der Waals surface area contributed by atoms with E-state index in [4.69, 9.17) is 11.6 Å². The van der Waals surface area contributed by atoms with Crippen LogP contribution in [0.5, 0.6) is 0 Å². The van der Waals surface area contributed by atoms with E-state index in [1.807, 2.05) is 60.7 Å². The summed E-state index contributed by atoms with van der Waals surface area (Å²) in [5.74, 6) is -0.309. The molecule has 1 amide bonds. The first kappa shape index (κ1) is 21.8. The predicted molar refractivity (Wildman–Crippen MR) is 118 cm³/mol. The number of rotatable bonds is 9. The summed E-state index contributed by atoms with van der Waals surface area (Å²) in [6, 6.07) is 25.4. The highest BCUT2D eigenvalue weighted by Crippen LogP contribution is 2.20. The van der Waals surface area contributed by atoms with Crippen molar-refractivity contribution in [3.05, 3.63) is 95.5 Å². The second-order valence-corrected chi connectivity index (χ2v) is 8.66. The standard InChI is InChI=1S/C22H22ClN3O3S/c23-20-13-7-8-14-21(20)30(28,29)24-16-15-22(27)25-26(19-11-5-2-6-12-19)17-18-9-3-1-4-10-18/h1-14,24H,15-17H2,(H,25,27). The van der Waals surface area contributed by atoms with Gasteiger partial charge in [0.25, 0.3) is 0 Å². The fraction of sp³-hybridized carbons (Fsp3) is 0.136. The number of hydrogen-bond acceptors (Lipinski definition) is 4. The summed E-state index contributed by atoms with van der Waals surface area (Å²) in [5, 5.41) is 1.87. The van der Waals surface area contributed by atoms with E-state index in [0.29, 0.717) is 6.54 Å². The molecular weight excluding hydrogens is 422 g/mol. The van der Waals surface area contributed by atoms with Gasteiger partial charge < -0.3 is 0 Å². The molecule has 0 radical (unpaired) electrons. The summed E-state index contributed by atoms with van der Waals surface area (Å²) in [5.41, 5.74) is 4.71. The molecule has 0 aliphatic heterocycles. The minimum absolute atomic E-state index is 0.0120. The van der Waals surface area contributed by atoms with E-state index in [0.717, 1.165) is 11.3 Å². The van der Waals surface area contributed by atoms with Crippen molar-refractivity contribution in [2.75, 3.05) is 11.6 Å². The van der Waals surface area contributed by atoms with Crippen LogP contribution in [-0.4, -0.2) is 20.9 Å². The van der Waals surface area contributed by atoms with Crippen LogP contribution in [0, 0.1) is 0 Å². The van der Waals surface area contributed by atoms with Gasteiger partial charge in [-0.2, -0.15) is 0 Å². The molecule has 0 heterocycles. The Hall–Kier alpha value is -2.87. The zero-order valence-electron chi connectivity index (χ0n) is 16.2. The van der Waals surface area contributed by atoms with Crippen LogP contribution in [0.3, 0.4) is 0 Å². The Morgan fingerprint density at radius 1 is 0.867 bits per heavy atom. The highest BCUT2D eigenvalue weighted by Gasteiger charge is 2.18. The predicted octanol–water partition coefficient (Wildman–Crippen LogP) is 3.75. The second-order valence-electron chi connectivity index (χ2n) is 6.52. The topological polar surface area (TPSA) is 78.5 Å². The van der Waals surface area contributed by atoms with E-state index in [1.54, 1.807) is 17.1 Å². The lowest BCUT2D eigenvalue weighted by atomic mass is 10.2. The first-order valence-electron chi connectivity index (χ1n) is 9.36. The Bertz CT molecular complexity index is 1080. The molecule has 0 aliphatic rings. The van der Waals surface area contributed by atoms with Gasteiger partial charge in [0, 0.05) is 13.0 Å². The number of amides is 1. The van der Waals surface area contributed by atoms with Crippen LogP contribution in [-0.2, 0) is 21.4 Å². The summed E-state index contributed by atoms with van der Waals surface area (Å²) >= 11 is 5.96. The monoisotopic (exact) mass is 443 g/mol. The Morgan fingerprint density at radius 2 is 1.47 bits per heavy atom. The molecule has 0 saturated carbocycles. The first-order chi connectivity index (χ1) is 14.5. The van der Waals surface area contributed by atoms with E-state index < -0.39 is 10.0 Å². The number of anilines is 1. The number of sulfonamides is 1. The number of hydrazine groups is 1. The molecule has 0 saturated heterocycles. The van der Waals surface area contributed by atoms with Crippen molar-refractivity contribution >= 4 is 33.2 Å². The molecular formula is C22H22ClN3O3S. The molecule has 6 nitrogen and oxygen atoms in total. The average molecular weight is 444 g/mol. The molecule has 3 rings (SSSR count). The van der Waals surface area contributed by atoms with Crippen LogP contribution in [0.1, 0.15) is 12.0 Å². The van der Waals surface area contributed by atoms with Crippen molar-refractivity contribution in [3.8, 4) is 0 Å². The normalized spacial score (nSPS) is 11.1. The number of benzene rings is 3. The van der Waals surface area contributed by atoms with Gasteiger partial charge in [-0.3, -0.25) is 15.2 Å². The highest BCUT2D eigenvalue weighted by atomic mass is 35.5. The minimum Gasteiger partial charge on any atom is -0.281 e. The molecule has 0 spiro atoms. The summed E-state index contributed by atoms with van der Waals surface area (Å²) < 4.78 is 27.2. The van der Waals surface area contributed by atoms with Gasteiger partial charge >= 0.3 is 0 Å². The number of carbonyl (C=O) groups excluding carboxylic acids is 1. The average Bonchev–Trinajstić information content (AvgIpc) is 2.75. The SMILES string of the molecule is O=C(CCNS(=O)(=O)c1ccccc1Cl)NN(Cc1ccccc1)c1ccccc1. The summed E-state index contributed by atoms with van der Waals surface area (Å²) in [6.07, 6.45) is -0.0260. The molecule has 0 unspecified atom stereocenters. The lowest BCUT2D eigenvalue weighted by Crippen LogP contribution is -2.43. The number of nitrogens with one attached hydrogen (secondary N) is 2. The molecule has 0 aromatic heterocycles. The second kappa shape index (κ2) is 10.2. The molecule has 3 aromatic rings. The van der Waals surface area contributed by atoms with E-state index in [-0.39, 0.29) is 28.8 Å². The van der Waals surface area contributed by atoms with Gasteiger partial charge in [-0.15, -0.1) is 0 Å². The van der Waals surface area contributed by atoms with Gasteiger partial charge in [0.1, 0.15) is 4.90 Å². The van der Waals surface area contributed by atoms with Crippen LogP contribution in [0.25, 0.3) is 0 Å². The Labute approximate surface area is 181 Å². The van der Waals surface area contributed by atoms with Gasteiger partial charge in [0.15, 0.2) is 0 Å². The van der Waals surface area contributed by atoms with Crippen LogP contribution < -0.4 is 15.2 Å². The number of halogens is 1. The third kappa shape index (κ3) is 6.06. The fourth-order valence-electron chi connectivity index (χ4n) is 2.82. The molecule has 2 N–H and O–H groups in total. The smallest absolute Gasteiger partial charge is 0.242 e. The van der Waals surface area contributed by atoms with Crippen LogP contribution in [0.15, 0.2) is 89.8 Å². The Balaban J connectivity index is 1.61. The van der Waals surface area contributed by atoms with Gasteiger partial charge in [-0.1, -0.05) is 72.3 Å². The zero-order valence-corrected chi connectivity index (χ0v) is 17.7. The third-order valence-corrected chi connectivity index (χ3v) is 6.24. The van der Waals surface area contributed by atoms with Gasteiger partial charge in [-0.05, 0) is 29.8 Å². The van der Waals surface area contributed by atoms with Gasteiger partial charge in [0.2, 0.25) is 15.9 Å². The number of hydrogen-bond donors (Lipinski definition) is 2. The van der Waals surface area contributed by atoms with Crippen molar-refractivity contribution in [2.24, 2.45) is 0 Å². The van der Waals surface area contributed by atoms with Crippen LogP contribution >= 0.6 is 11.6 Å². The number of carbonyl (C=O) groups is 1. The molecule has 0 bridgehead atoms. The minimum atomic E-state index is -3.79. The molecule has 156 valence electrons. The number of nitrogens with zero attached hydrogens (tertiary/aromatic N) is 1. The molecule has 30 heavy (non-hydrogen) atoms. The largest absolute Gasteiger partial charge is 0.281 e. The van der Waals surface area contributed by atoms with Crippen molar-refractivity contribution in [2.45, 2.75) is 17.9 Å². The van der Waals surface area contributed by atoms with E-state index in [9.17, 15) is 13.2 Å². The molecule has 0 atom stereocenters. The van der Waals surface area contributed by atoms with Crippen LogP contribution in [0.2, 0.25) is 5.02 Å². The first-order valence-corrected chi connectivity index (χ1v) is 11.2. The third-order valence-electron chi connectivity index (χ3n) is 4.28. The van der Waals surface area contributed by atoms with Crippen molar-refractivity contribution < 1.29 is 13.2 Å². The maximum absolute atomic E-state index is 12.5. The quantitative estimate of drug-likeness (QED) is 0.494. The van der Waals surface area contributed by atoms with Crippen molar-refractivity contribution in [1.82, 2.24) is 10.1 Å². The van der Waals surface area contributed by atoms with Gasteiger partial charge in [0.05, 0.1) is 17.3 Å². The molecule has 3 aromatic carbocycles. The fourth-order valence-corrected chi connectivity index (χ4v) is 4.36. The van der Waals surface area contributed by atoms with Crippen molar-refractivity contribution in [3.63, 3.8) is 0 Å². The maximum Gasteiger partial charge on any atom is 0.242 e. The van der Waals surface area contributed by atoms with E-state index >= 15 is 0 Å². The highest BCUT2D eigenvalue weighted by molar-refractivity contribution is 7.89. The molecule has 0 aliphatic carbocycles. The summed E-state index contributed by atoms with van der Waals surface area (Å²) in [7, 11) is -3.79. The van der Waals surface area contributed by atoms with Crippen LogP contribution in [0.4, 0.5) is 5.69 Å². The number of para-hydroxylation sites is 1.